The van der Waals surface area contributed by atoms with E-state index in [1.54, 1.807) is 6.08 Å². The lowest BCUT2D eigenvalue weighted by atomic mass is 10.2. The third-order valence-electron chi connectivity index (χ3n) is 1.98. The molecular formula is C13H15IO2. The number of carbonyl (C=O) groups is 1. The van der Waals surface area contributed by atoms with E-state index in [4.69, 9.17) is 4.74 Å². The van der Waals surface area contributed by atoms with Gasteiger partial charge in [-0.25, -0.2) is 4.79 Å². The summed E-state index contributed by atoms with van der Waals surface area (Å²) in [6.07, 6.45) is 5.27. The first-order valence-corrected chi connectivity index (χ1v) is 6.81. The Bertz CT molecular complexity index is 333. The Morgan fingerprint density at radius 3 is 2.69 bits per heavy atom. The highest BCUT2D eigenvalue weighted by atomic mass is 127. The molecule has 16 heavy (non-hydrogen) atoms. The van der Waals surface area contributed by atoms with E-state index >= 15 is 0 Å². The maximum absolute atomic E-state index is 11.3. The fourth-order valence-electron chi connectivity index (χ4n) is 1.15. The number of benzene rings is 1. The smallest absolute Gasteiger partial charge is 0.330 e. The number of unbranched alkanes of at least 4 members (excludes halogenated alkanes) is 1. The summed E-state index contributed by atoms with van der Waals surface area (Å²) in [5.41, 5.74) is 1.01. The molecule has 0 aliphatic carbocycles. The molecule has 86 valence electrons. The quantitative estimate of drug-likeness (QED) is 0.263. The first kappa shape index (κ1) is 13.2. The lowest BCUT2D eigenvalue weighted by Crippen LogP contribution is -2.02. The standard InChI is InChI=1S/C13H15IO2/c14-10-4-5-11-16-13(15)9-8-12-6-2-1-3-7-12/h1-3,6-9H,4-5,10-11H2/b9-8+. The van der Waals surface area contributed by atoms with Crippen molar-refractivity contribution < 1.29 is 9.53 Å². The molecule has 2 nitrogen and oxygen atoms in total. The van der Waals surface area contributed by atoms with Crippen LogP contribution in [0.3, 0.4) is 0 Å². The van der Waals surface area contributed by atoms with Gasteiger partial charge in [0.15, 0.2) is 0 Å². The highest BCUT2D eigenvalue weighted by Crippen LogP contribution is 2.01. The number of rotatable bonds is 6. The molecule has 0 saturated heterocycles. The topological polar surface area (TPSA) is 26.3 Å². The van der Waals surface area contributed by atoms with E-state index in [0.29, 0.717) is 6.61 Å². The van der Waals surface area contributed by atoms with E-state index in [0.717, 1.165) is 22.8 Å². The molecule has 3 heteroatoms. The zero-order chi connectivity index (χ0) is 11.6. The van der Waals surface area contributed by atoms with Gasteiger partial charge in [0.25, 0.3) is 0 Å². The third-order valence-corrected chi connectivity index (χ3v) is 2.75. The Kier molecular flexibility index (Phi) is 6.88. The van der Waals surface area contributed by atoms with E-state index in [1.807, 2.05) is 30.3 Å². The molecule has 0 saturated carbocycles. The molecule has 0 heterocycles. The fraction of sp³-hybridized carbons (Fsp3) is 0.308. The van der Waals surface area contributed by atoms with Gasteiger partial charge in [0, 0.05) is 6.08 Å². The molecule has 0 amide bonds. The molecule has 1 aromatic carbocycles. The van der Waals surface area contributed by atoms with Crippen molar-refractivity contribution in [3.8, 4) is 0 Å². The van der Waals surface area contributed by atoms with Crippen LogP contribution in [0.15, 0.2) is 36.4 Å². The number of hydrogen-bond donors (Lipinski definition) is 0. The van der Waals surface area contributed by atoms with Crippen LogP contribution in [0.5, 0.6) is 0 Å². The van der Waals surface area contributed by atoms with Gasteiger partial charge in [0.05, 0.1) is 6.61 Å². The molecule has 0 unspecified atom stereocenters. The second kappa shape index (κ2) is 8.33. The second-order valence-corrected chi connectivity index (χ2v) is 4.39. The summed E-state index contributed by atoms with van der Waals surface area (Å²) >= 11 is 2.31. The lowest BCUT2D eigenvalue weighted by molar-refractivity contribution is -0.137. The van der Waals surface area contributed by atoms with Gasteiger partial charge in [-0.3, -0.25) is 0 Å². The first-order valence-electron chi connectivity index (χ1n) is 5.29. The Morgan fingerprint density at radius 2 is 2.00 bits per heavy atom. The SMILES string of the molecule is O=C(/C=C/c1ccccc1)OCCCCI. The monoisotopic (exact) mass is 330 g/mol. The van der Waals surface area contributed by atoms with Crippen LogP contribution in [0.1, 0.15) is 18.4 Å². The number of hydrogen-bond acceptors (Lipinski definition) is 2. The third kappa shape index (κ3) is 5.90. The van der Waals surface area contributed by atoms with Crippen molar-refractivity contribution in [1.29, 1.82) is 0 Å². The normalized spacial score (nSPS) is 10.6. The molecule has 0 aromatic heterocycles. The molecule has 0 fully saturated rings. The Balaban J connectivity index is 2.26. The highest BCUT2D eigenvalue weighted by Gasteiger charge is 1.95. The van der Waals surface area contributed by atoms with Crippen LogP contribution in [0.25, 0.3) is 6.08 Å². The zero-order valence-electron chi connectivity index (χ0n) is 9.06. The maximum atomic E-state index is 11.3. The molecule has 0 aliphatic rings. The second-order valence-electron chi connectivity index (χ2n) is 3.31. The first-order chi connectivity index (χ1) is 7.83. The van der Waals surface area contributed by atoms with Crippen molar-refractivity contribution in [2.45, 2.75) is 12.8 Å². The lowest BCUT2D eigenvalue weighted by Gasteiger charge is -1.99. The summed E-state index contributed by atoms with van der Waals surface area (Å²) in [6, 6.07) is 9.70. The number of esters is 1. The Labute approximate surface area is 110 Å². The molecule has 0 N–H and O–H groups in total. The van der Waals surface area contributed by atoms with Gasteiger partial charge >= 0.3 is 5.97 Å². The number of carbonyl (C=O) groups excluding carboxylic acids is 1. The van der Waals surface area contributed by atoms with Gasteiger partial charge in [-0.15, -0.1) is 0 Å². The van der Waals surface area contributed by atoms with Crippen molar-refractivity contribution in [3.63, 3.8) is 0 Å². The van der Waals surface area contributed by atoms with E-state index in [9.17, 15) is 4.79 Å². The predicted octanol–water partition coefficient (Wildman–Crippen LogP) is 3.46. The van der Waals surface area contributed by atoms with Crippen LogP contribution in [-0.2, 0) is 9.53 Å². The largest absolute Gasteiger partial charge is 0.463 e. The van der Waals surface area contributed by atoms with Crippen molar-refractivity contribution in [2.24, 2.45) is 0 Å². The van der Waals surface area contributed by atoms with Crippen LogP contribution in [0, 0.1) is 0 Å². The average Bonchev–Trinajstić information content (AvgIpc) is 2.33. The Hall–Kier alpha value is -0.840. The minimum atomic E-state index is -0.266. The number of ether oxygens (including phenoxy) is 1. The summed E-state index contributed by atoms with van der Waals surface area (Å²) < 4.78 is 6.14. The average molecular weight is 330 g/mol. The van der Waals surface area contributed by atoms with Gasteiger partial charge in [-0.1, -0.05) is 52.9 Å². The van der Waals surface area contributed by atoms with Crippen LogP contribution < -0.4 is 0 Å². The van der Waals surface area contributed by atoms with E-state index < -0.39 is 0 Å². The predicted molar refractivity (Wildman–Crippen MR) is 74.6 cm³/mol. The van der Waals surface area contributed by atoms with E-state index in [1.165, 1.54) is 6.08 Å². The minimum Gasteiger partial charge on any atom is -0.463 e. The molecular weight excluding hydrogens is 315 g/mol. The van der Waals surface area contributed by atoms with Gasteiger partial charge < -0.3 is 4.74 Å². The molecule has 0 spiro atoms. The summed E-state index contributed by atoms with van der Waals surface area (Å²) in [5, 5.41) is 0. The van der Waals surface area contributed by atoms with Crippen LogP contribution in [0.2, 0.25) is 0 Å². The fourth-order valence-corrected chi connectivity index (χ4v) is 1.69. The van der Waals surface area contributed by atoms with Crippen molar-refractivity contribution in [3.05, 3.63) is 42.0 Å². The summed E-state index contributed by atoms with van der Waals surface area (Å²) in [6.45, 7) is 0.515. The molecule has 0 radical (unpaired) electrons. The van der Waals surface area contributed by atoms with Gasteiger partial charge in [-0.2, -0.15) is 0 Å². The van der Waals surface area contributed by atoms with Gasteiger partial charge in [0.1, 0.15) is 0 Å². The van der Waals surface area contributed by atoms with Crippen LogP contribution >= 0.6 is 22.6 Å². The Morgan fingerprint density at radius 1 is 1.25 bits per heavy atom. The van der Waals surface area contributed by atoms with Crippen molar-refractivity contribution in [2.75, 3.05) is 11.0 Å². The van der Waals surface area contributed by atoms with Gasteiger partial charge in [-0.05, 0) is 28.9 Å². The summed E-state index contributed by atoms with van der Waals surface area (Å²) in [7, 11) is 0. The van der Waals surface area contributed by atoms with Crippen molar-refractivity contribution in [1.82, 2.24) is 0 Å². The van der Waals surface area contributed by atoms with E-state index in [-0.39, 0.29) is 5.97 Å². The van der Waals surface area contributed by atoms with Gasteiger partial charge in [0.2, 0.25) is 0 Å². The molecule has 1 rings (SSSR count). The molecule has 0 bridgehead atoms. The van der Waals surface area contributed by atoms with E-state index in [2.05, 4.69) is 22.6 Å². The highest BCUT2D eigenvalue weighted by molar-refractivity contribution is 14.1. The van der Waals surface area contributed by atoms with Crippen LogP contribution in [-0.4, -0.2) is 17.0 Å². The number of alkyl halides is 1. The number of halogens is 1. The minimum absolute atomic E-state index is 0.266. The maximum Gasteiger partial charge on any atom is 0.330 e. The summed E-state index contributed by atoms with van der Waals surface area (Å²) in [4.78, 5) is 11.3. The van der Waals surface area contributed by atoms with Crippen molar-refractivity contribution >= 4 is 34.6 Å². The molecule has 0 atom stereocenters. The summed E-state index contributed by atoms with van der Waals surface area (Å²) in [5.74, 6) is -0.266. The molecule has 0 aliphatic heterocycles. The zero-order valence-corrected chi connectivity index (χ0v) is 11.2. The molecule has 1 aromatic rings. The van der Waals surface area contributed by atoms with Crippen LogP contribution in [0.4, 0.5) is 0 Å².